The number of esters is 1. The summed E-state index contributed by atoms with van der Waals surface area (Å²) in [5, 5.41) is -0.198. The third kappa shape index (κ3) is 9.94. The highest BCUT2D eigenvalue weighted by Crippen LogP contribution is 2.43. The average molecular weight is 794 g/mol. The number of nitrogens with one attached hydrogen (secondary N) is 1. The van der Waals surface area contributed by atoms with Gasteiger partial charge >= 0.3 is 18.3 Å². The summed E-state index contributed by atoms with van der Waals surface area (Å²) < 4.78 is 139. The second-order valence-corrected chi connectivity index (χ2v) is 15.6. The van der Waals surface area contributed by atoms with E-state index in [4.69, 9.17) is 4.74 Å². The number of aromatic nitrogens is 1. The largest absolute Gasteiger partial charge is 0.466 e. The molecule has 0 aliphatic rings. The van der Waals surface area contributed by atoms with Crippen molar-refractivity contribution in [1.29, 1.82) is 0 Å². The summed E-state index contributed by atoms with van der Waals surface area (Å²) in [6.07, 6.45) is -11.0. The maximum absolute atomic E-state index is 16.9. The van der Waals surface area contributed by atoms with Crippen molar-refractivity contribution in [2.75, 3.05) is 26.7 Å². The molecular weight excluding hydrogens is 749 g/mol. The van der Waals surface area contributed by atoms with Gasteiger partial charge in [0.2, 0.25) is 5.91 Å². The third-order valence-corrected chi connectivity index (χ3v) is 10.3. The van der Waals surface area contributed by atoms with E-state index >= 15 is 8.78 Å². The molecule has 0 saturated heterocycles. The van der Waals surface area contributed by atoms with Gasteiger partial charge in [-0.1, -0.05) is 26.8 Å². The Hall–Kier alpha value is -4.12. The molecule has 0 saturated carbocycles. The van der Waals surface area contributed by atoms with Crippen LogP contribution in [0, 0.1) is 37.2 Å². The van der Waals surface area contributed by atoms with Gasteiger partial charge in [-0.25, -0.2) is 13.2 Å². The number of hydrogen-bond donors (Lipinski definition) is 1. The summed E-state index contributed by atoms with van der Waals surface area (Å²) in [4.78, 5) is 42.4. The Morgan fingerprint density at radius 3 is 2.11 bits per heavy atom. The summed E-state index contributed by atoms with van der Waals surface area (Å²) in [6, 6.07) is 1.09. The van der Waals surface area contributed by atoms with Crippen LogP contribution in [0.5, 0.6) is 0 Å². The summed E-state index contributed by atoms with van der Waals surface area (Å²) in [5.41, 5.74) is -7.40. The number of carbonyl (C=O) groups is 2. The molecule has 1 N–H and O–H groups in total. The van der Waals surface area contributed by atoms with Crippen molar-refractivity contribution in [3.8, 4) is 11.1 Å². The number of alkyl halides is 6. The molecular formula is C37H44F9N3O4Si. The molecule has 17 heteroatoms. The first kappa shape index (κ1) is 44.3. The minimum atomic E-state index is -5.44. The number of hydrogen-bond acceptors (Lipinski definition) is 5. The van der Waals surface area contributed by atoms with Gasteiger partial charge < -0.3 is 19.5 Å². The SMILES string of the molecule is CCOC(=O)C[C@@]([SiH3])(NC(=O)C(CC(C)C)n1cc(CCN(C)CC)c(C(F)(F)F)cc1=O)c1c(F)c(-c2c(C)ccc(F)c2C)cc(C(F)(F)F)c1F. The fourth-order valence-corrected chi connectivity index (χ4v) is 7.33. The average Bonchev–Trinajstić information content (AvgIpc) is 3.04. The number of amides is 1. The summed E-state index contributed by atoms with van der Waals surface area (Å²) in [5.74, 6) is -7.46. The normalized spacial score (nSPS) is 14.0. The number of aryl methyl sites for hydroxylation is 1. The molecule has 7 nitrogen and oxygen atoms in total. The Balaban J connectivity index is 2.38. The van der Waals surface area contributed by atoms with Gasteiger partial charge in [-0.3, -0.25) is 14.4 Å². The molecule has 1 unspecified atom stereocenters. The number of rotatable bonds is 14. The van der Waals surface area contributed by atoms with Crippen LogP contribution in [0.3, 0.4) is 0 Å². The van der Waals surface area contributed by atoms with Crippen molar-refractivity contribution in [3.05, 3.63) is 91.6 Å². The second kappa shape index (κ2) is 17.1. The highest BCUT2D eigenvalue weighted by Gasteiger charge is 2.45. The van der Waals surface area contributed by atoms with Gasteiger partial charge in [0.05, 0.1) is 29.3 Å². The lowest BCUT2D eigenvalue weighted by molar-refractivity contribution is -0.144. The fraction of sp³-hybridized carbons (Fsp3) is 0.486. The van der Waals surface area contributed by atoms with E-state index in [2.05, 4.69) is 5.32 Å². The van der Waals surface area contributed by atoms with E-state index in [1.54, 1.807) is 32.7 Å². The van der Waals surface area contributed by atoms with E-state index in [0.29, 0.717) is 12.6 Å². The van der Waals surface area contributed by atoms with Crippen LogP contribution in [0.25, 0.3) is 11.1 Å². The Kier molecular flexibility index (Phi) is 14.0. The van der Waals surface area contributed by atoms with Crippen LogP contribution < -0.4 is 10.9 Å². The number of pyridine rings is 1. The van der Waals surface area contributed by atoms with Crippen LogP contribution in [0.15, 0.2) is 35.3 Å². The molecule has 2 aromatic carbocycles. The maximum Gasteiger partial charge on any atom is 0.419 e. The van der Waals surface area contributed by atoms with Gasteiger partial charge in [0.25, 0.3) is 5.56 Å². The number of ether oxygens (including phenoxy) is 1. The number of benzene rings is 2. The fourth-order valence-electron chi connectivity index (χ4n) is 6.36. The number of carbonyl (C=O) groups excluding carboxylic acids is 2. The van der Waals surface area contributed by atoms with Crippen molar-refractivity contribution in [1.82, 2.24) is 14.8 Å². The molecule has 0 spiro atoms. The minimum Gasteiger partial charge on any atom is -0.466 e. The second-order valence-electron chi connectivity index (χ2n) is 13.9. The van der Waals surface area contributed by atoms with E-state index in [9.17, 15) is 45.1 Å². The van der Waals surface area contributed by atoms with Gasteiger partial charge in [-0.05, 0) is 87.5 Å². The molecule has 0 radical (unpaired) electrons. The van der Waals surface area contributed by atoms with E-state index in [1.165, 1.54) is 26.8 Å². The van der Waals surface area contributed by atoms with Gasteiger partial charge in [-0.15, -0.1) is 0 Å². The van der Waals surface area contributed by atoms with Crippen LogP contribution >= 0.6 is 0 Å². The van der Waals surface area contributed by atoms with E-state index in [-0.39, 0.29) is 54.3 Å². The molecule has 2 atom stereocenters. The third-order valence-electron chi connectivity index (χ3n) is 9.24. The zero-order valence-corrected chi connectivity index (χ0v) is 33.2. The first-order chi connectivity index (χ1) is 24.9. The zero-order valence-electron chi connectivity index (χ0n) is 31.2. The summed E-state index contributed by atoms with van der Waals surface area (Å²) in [7, 11) is 1.01. The molecule has 3 rings (SSSR count). The highest BCUT2D eigenvalue weighted by atomic mass is 28.1. The Morgan fingerprint density at radius 2 is 1.57 bits per heavy atom. The van der Waals surface area contributed by atoms with Crippen LogP contribution in [0.4, 0.5) is 39.5 Å². The molecule has 298 valence electrons. The molecule has 3 aromatic rings. The maximum atomic E-state index is 16.9. The molecule has 1 heterocycles. The van der Waals surface area contributed by atoms with Crippen molar-refractivity contribution >= 4 is 22.1 Å². The quantitative estimate of drug-likeness (QED) is 0.109. The van der Waals surface area contributed by atoms with Crippen LogP contribution in [0.2, 0.25) is 0 Å². The molecule has 1 amide bonds. The molecule has 0 bridgehead atoms. The summed E-state index contributed by atoms with van der Waals surface area (Å²) >= 11 is 0. The number of likely N-dealkylation sites (N-methyl/N-ethyl adjacent to an activating group) is 1. The van der Waals surface area contributed by atoms with Gasteiger partial charge in [-0.2, -0.15) is 26.3 Å². The van der Waals surface area contributed by atoms with Crippen molar-refractivity contribution in [3.63, 3.8) is 0 Å². The predicted octanol–water partition coefficient (Wildman–Crippen LogP) is 6.96. The topological polar surface area (TPSA) is 80.6 Å². The van der Waals surface area contributed by atoms with Gasteiger partial charge in [0.15, 0.2) is 0 Å². The van der Waals surface area contributed by atoms with Crippen LogP contribution in [0.1, 0.15) is 80.0 Å². The number of halogens is 9. The molecule has 1 aromatic heterocycles. The van der Waals surface area contributed by atoms with E-state index < -0.39 is 103 Å². The van der Waals surface area contributed by atoms with E-state index in [1.807, 2.05) is 0 Å². The molecule has 54 heavy (non-hydrogen) atoms. The highest BCUT2D eigenvalue weighted by molar-refractivity contribution is 6.18. The van der Waals surface area contributed by atoms with Gasteiger partial charge in [0, 0.05) is 40.2 Å². The van der Waals surface area contributed by atoms with Crippen molar-refractivity contribution in [2.45, 2.75) is 84.4 Å². The molecule has 0 fully saturated rings. The Morgan fingerprint density at radius 1 is 0.963 bits per heavy atom. The lowest BCUT2D eigenvalue weighted by atomic mass is 9.88. The molecule has 0 aliphatic heterocycles. The van der Waals surface area contributed by atoms with Crippen molar-refractivity contribution in [2.24, 2.45) is 5.92 Å². The molecule has 0 aliphatic carbocycles. The van der Waals surface area contributed by atoms with Crippen LogP contribution in [-0.4, -0.2) is 58.3 Å². The van der Waals surface area contributed by atoms with Crippen LogP contribution in [-0.2, 0) is 38.3 Å². The first-order valence-electron chi connectivity index (χ1n) is 17.2. The minimum absolute atomic E-state index is 0.131. The lowest BCUT2D eigenvalue weighted by Crippen LogP contribution is -2.52. The summed E-state index contributed by atoms with van der Waals surface area (Å²) in [6.45, 7) is 9.38. The monoisotopic (exact) mass is 793 g/mol. The Labute approximate surface area is 310 Å². The standard InChI is InChI=1S/C37H44F9N3O4Si/c1-8-48(7)13-12-22-18-49(28(50)16-24(22)36(41,42)43)27(14-19(3)4)34(52)47-35(54,17-29(51)53-9-2)31-32(39)23(15-25(33(31)40)37(44,45)46)30-20(5)10-11-26(38)21(30)6/h10-11,15-16,18-19,27H,8-9,12-14,17H2,1-7,54H3,(H,47,52)/t27?,35-/m0/s1. The van der Waals surface area contributed by atoms with Crippen molar-refractivity contribution < 1.29 is 53.8 Å². The first-order valence-corrected chi connectivity index (χ1v) is 18.2. The predicted molar refractivity (Wildman–Crippen MR) is 188 cm³/mol. The Bertz CT molecular complexity index is 1930. The zero-order chi connectivity index (χ0) is 41.1. The lowest BCUT2D eigenvalue weighted by Gasteiger charge is -2.35. The van der Waals surface area contributed by atoms with E-state index in [0.717, 1.165) is 16.8 Å². The number of nitrogens with zero attached hydrogens (tertiary/aromatic N) is 2. The smallest absolute Gasteiger partial charge is 0.419 e. The van der Waals surface area contributed by atoms with Gasteiger partial charge in [0.1, 0.15) is 23.5 Å².